The van der Waals surface area contributed by atoms with Crippen LogP contribution in [0.15, 0.2) is 0 Å². The van der Waals surface area contributed by atoms with Gasteiger partial charge in [-0.25, -0.2) is 0 Å². The summed E-state index contributed by atoms with van der Waals surface area (Å²) in [5.41, 5.74) is 5.86. The maximum absolute atomic E-state index is 5.86. The number of likely N-dealkylation sites (tertiary alicyclic amines) is 1. The summed E-state index contributed by atoms with van der Waals surface area (Å²) < 4.78 is 0. The second kappa shape index (κ2) is 5.71. The van der Waals surface area contributed by atoms with Gasteiger partial charge in [-0.15, -0.1) is 0 Å². The van der Waals surface area contributed by atoms with E-state index in [1.807, 2.05) is 0 Å². The zero-order chi connectivity index (χ0) is 12.4. The van der Waals surface area contributed by atoms with E-state index >= 15 is 0 Å². The Morgan fingerprint density at radius 2 is 1.94 bits per heavy atom. The van der Waals surface area contributed by atoms with Crippen molar-refractivity contribution >= 4 is 0 Å². The molecule has 0 amide bonds. The molecule has 2 rings (SSSR count). The standard InChI is InChI=1S/C15H30N2/c1-11(2)14-6-4-5-7-15(14)17-10-13(9-16)8-12(17)3/h11-15H,4-10,16H2,1-3H3. The van der Waals surface area contributed by atoms with Crippen molar-refractivity contribution in [2.75, 3.05) is 13.1 Å². The molecule has 1 aliphatic carbocycles. The molecule has 1 aliphatic heterocycles. The van der Waals surface area contributed by atoms with Crippen LogP contribution in [-0.4, -0.2) is 30.1 Å². The molecule has 1 saturated carbocycles. The first-order valence-electron chi connectivity index (χ1n) is 7.59. The molecule has 0 spiro atoms. The van der Waals surface area contributed by atoms with Gasteiger partial charge < -0.3 is 5.73 Å². The van der Waals surface area contributed by atoms with Gasteiger partial charge in [0, 0.05) is 18.6 Å². The molecular formula is C15H30N2. The van der Waals surface area contributed by atoms with Crippen LogP contribution in [0.5, 0.6) is 0 Å². The minimum Gasteiger partial charge on any atom is -0.330 e. The third-order valence-electron chi connectivity index (χ3n) is 5.11. The molecule has 2 aliphatic rings. The zero-order valence-electron chi connectivity index (χ0n) is 11.9. The van der Waals surface area contributed by atoms with Gasteiger partial charge in [0.1, 0.15) is 0 Å². The van der Waals surface area contributed by atoms with E-state index in [1.165, 1.54) is 38.6 Å². The van der Waals surface area contributed by atoms with Crippen molar-refractivity contribution in [3.63, 3.8) is 0 Å². The molecule has 17 heavy (non-hydrogen) atoms. The third-order valence-corrected chi connectivity index (χ3v) is 5.11. The topological polar surface area (TPSA) is 29.3 Å². The van der Waals surface area contributed by atoms with Crippen LogP contribution in [0.25, 0.3) is 0 Å². The number of hydrogen-bond acceptors (Lipinski definition) is 2. The summed E-state index contributed by atoms with van der Waals surface area (Å²) in [5.74, 6) is 2.51. The molecule has 4 atom stereocenters. The van der Waals surface area contributed by atoms with Crippen LogP contribution in [0.2, 0.25) is 0 Å². The van der Waals surface area contributed by atoms with E-state index in [9.17, 15) is 0 Å². The second-order valence-corrected chi connectivity index (χ2v) is 6.64. The van der Waals surface area contributed by atoms with E-state index < -0.39 is 0 Å². The van der Waals surface area contributed by atoms with Crippen molar-refractivity contribution in [3.8, 4) is 0 Å². The highest BCUT2D eigenvalue weighted by molar-refractivity contribution is 4.92. The summed E-state index contributed by atoms with van der Waals surface area (Å²) in [7, 11) is 0. The highest BCUT2D eigenvalue weighted by Crippen LogP contribution is 2.37. The van der Waals surface area contributed by atoms with Crippen molar-refractivity contribution in [2.45, 2.75) is 65.0 Å². The molecular weight excluding hydrogens is 208 g/mol. The maximum Gasteiger partial charge on any atom is 0.0129 e. The lowest BCUT2D eigenvalue weighted by Gasteiger charge is -2.42. The van der Waals surface area contributed by atoms with Crippen molar-refractivity contribution in [1.82, 2.24) is 4.90 Å². The molecule has 2 N–H and O–H groups in total. The summed E-state index contributed by atoms with van der Waals surface area (Å²) in [5, 5.41) is 0. The fourth-order valence-corrected chi connectivity index (χ4v) is 4.13. The maximum atomic E-state index is 5.86. The van der Waals surface area contributed by atoms with Crippen molar-refractivity contribution < 1.29 is 0 Å². The lowest BCUT2D eigenvalue weighted by Crippen LogP contribution is -2.46. The normalized spacial score (nSPS) is 40.1. The van der Waals surface area contributed by atoms with Crippen LogP contribution in [-0.2, 0) is 0 Å². The Labute approximate surface area is 107 Å². The Kier molecular flexibility index (Phi) is 4.48. The first-order chi connectivity index (χ1) is 8.13. The minimum atomic E-state index is 0.750. The average Bonchev–Trinajstić information content (AvgIpc) is 2.70. The van der Waals surface area contributed by atoms with Gasteiger partial charge in [0.05, 0.1) is 0 Å². The largest absolute Gasteiger partial charge is 0.330 e. The van der Waals surface area contributed by atoms with Crippen LogP contribution in [0.1, 0.15) is 52.9 Å². The van der Waals surface area contributed by atoms with Crippen LogP contribution >= 0.6 is 0 Å². The summed E-state index contributed by atoms with van der Waals surface area (Å²) in [4.78, 5) is 2.79. The fourth-order valence-electron chi connectivity index (χ4n) is 4.13. The number of nitrogens with two attached hydrogens (primary N) is 1. The first-order valence-corrected chi connectivity index (χ1v) is 7.59. The van der Waals surface area contributed by atoms with Gasteiger partial charge in [0.2, 0.25) is 0 Å². The third kappa shape index (κ3) is 2.85. The monoisotopic (exact) mass is 238 g/mol. The van der Waals surface area contributed by atoms with E-state index in [4.69, 9.17) is 5.73 Å². The minimum absolute atomic E-state index is 0.750. The Balaban J connectivity index is 2.03. The molecule has 0 aromatic rings. The smallest absolute Gasteiger partial charge is 0.0129 e. The molecule has 2 fully saturated rings. The summed E-state index contributed by atoms with van der Waals surface area (Å²) in [6, 6.07) is 1.60. The van der Waals surface area contributed by atoms with Crippen LogP contribution in [0.3, 0.4) is 0 Å². The fraction of sp³-hybridized carbons (Fsp3) is 1.00. The molecule has 0 radical (unpaired) electrons. The molecule has 0 aromatic carbocycles. The van der Waals surface area contributed by atoms with E-state index in [0.717, 1.165) is 36.4 Å². The van der Waals surface area contributed by atoms with Gasteiger partial charge in [-0.1, -0.05) is 26.7 Å². The van der Waals surface area contributed by atoms with E-state index in [1.54, 1.807) is 0 Å². The molecule has 1 saturated heterocycles. The molecule has 100 valence electrons. The van der Waals surface area contributed by atoms with Crippen molar-refractivity contribution in [3.05, 3.63) is 0 Å². The van der Waals surface area contributed by atoms with Crippen LogP contribution < -0.4 is 5.73 Å². The molecule has 4 unspecified atom stereocenters. The molecule has 0 bridgehead atoms. The Bertz CT molecular complexity index is 239. The van der Waals surface area contributed by atoms with Gasteiger partial charge in [-0.2, -0.15) is 0 Å². The Morgan fingerprint density at radius 1 is 1.24 bits per heavy atom. The molecule has 1 heterocycles. The van der Waals surface area contributed by atoms with Crippen molar-refractivity contribution in [2.24, 2.45) is 23.5 Å². The lowest BCUT2D eigenvalue weighted by molar-refractivity contribution is 0.0720. The van der Waals surface area contributed by atoms with Crippen LogP contribution in [0, 0.1) is 17.8 Å². The predicted octanol–water partition coefficient (Wildman–Crippen LogP) is 2.87. The average molecular weight is 238 g/mol. The highest BCUT2D eigenvalue weighted by Gasteiger charge is 2.38. The second-order valence-electron chi connectivity index (χ2n) is 6.64. The number of rotatable bonds is 3. The van der Waals surface area contributed by atoms with Gasteiger partial charge in [-0.05, 0) is 50.5 Å². The molecule has 2 heteroatoms. The Hall–Kier alpha value is -0.0800. The quantitative estimate of drug-likeness (QED) is 0.819. The summed E-state index contributed by atoms with van der Waals surface area (Å²) >= 11 is 0. The molecule has 0 aromatic heterocycles. The van der Waals surface area contributed by atoms with Gasteiger partial charge >= 0.3 is 0 Å². The summed E-state index contributed by atoms with van der Waals surface area (Å²) in [6.45, 7) is 9.35. The van der Waals surface area contributed by atoms with Crippen molar-refractivity contribution in [1.29, 1.82) is 0 Å². The zero-order valence-corrected chi connectivity index (χ0v) is 11.9. The summed E-state index contributed by atoms with van der Waals surface area (Å²) in [6.07, 6.45) is 7.06. The lowest BCUT2D eigenvalue weighted by atomic mass is 9.77. The number of nitrogens with zero attached hydrogens (tertiary/aromatic N) is 1. The van der Waals surface area contributed by atoms with E-state index in [0.29, 0.717) is 0 Å². The van der Waals surface area contributed by atoms with Gasteiger partial charge in [0.15, 0.2) is 0 Å². The molecule has 2 nitrogen and oxygen atoms in total. The van der Waals surface area contributed by atoms with Gasteiger partial charge in [0.25, 0.3) is 0 Å². The van der Waals surface area contributed by atoms with Gasteiger partial charge in [-0.3, -0.25) is 4.90 Å². The van der Waals surface area contributed by atoms with E-state index in [-0.39, 0.29) is 0 Å². The SMILES string of the molecule is CC(C)C1CCCCC1N1CC(CN)CC1C. The predicted molar refractivity (Wildman–Crippen MR) is 73.9 cm³/mol. The van der Waals surface area contributed by atoms with Crippen LogP contribution in [0.4, 0.5) is 0 Å². The number of hydrogen-bond donors (Lipinski definition) is 1. The first kappa shape index (κ1) is 13.4. The highest BCUT2D eigenvalue weighted by atomic mass is 15.2. The van der Waals surface area contributed by atoms with E-state index in [2.05, 4.69) is 25.7 Å². The Morgan fingerprint density at radius 3 is 2.53 bits per heavy atom.